The van der Waals surface area contributed by atoms with E-state index in [1.807, 2.05) is 0 Å². The van der Waals surface area contributed by atoms with Crippen molar-refractivity contribution in [3.63, 3.8) is 0 Å². The van der Waals surface area contributed by atoms with Crippen LogP contribution in [0.5, 0.6) is 0 Å². The van der Waals surface area contributed by atoms with Crippen LogP contribution in [-0.2, 0) is 0 Å². The van der Waals surface area contributed by atoms with Gasteiger partial charge < -0.3 is 0 Å². The molecule has 0 saturated heterocycles. The monoisotopic (exact) mass is 275 g/mol. The lowest BCUT2D eigenvalue weighted by molar-refractivity contribution is 0.448. The van der Waals surface area contributed by atoms with Gasteiger partial charge in [-0.2, -0.15) is 4.39 Å². The van der Waals surface area contributed by atoms with Crippen LogP contribution in [0, 0.1) is 17.6 Å². The fourth-order valence-electron chi connectivity index (χ4n) is 1.14. The van der Waals surface area contributed by atoms with Crippen molar-refractivity contribution in [2.75, 3.05) is 0 Å². The lowest BCUT2D eigenvalue weighted by atomic mass is 10.4. The zero-order valence-electron chi connectivity index (χ0n) is 8.25. The van der Waals surface area contributed by atoms with E-state index < -0.39 is 17.6 Å². The van der Waals surface area contributed by atoms with Gasteiger partial charge in [-0.05, 0) is 18.2 Å². The van der Waals surface area contributed by atoms with E-state index >= 15 is 0 Å². The molecule has 0 aliphatic carbocycles. The minimum Gasteiger partial charge on any atom is -0.207 e. The van der Waals surface area contributed by atoms with E-state index in [4.69, 9.17) is 11.6 Å². The molecular formula is C11H5ClF3NS. The molecule has 17 heavy (non-hydrogen) atoms. The zero-order chi connectivity index (χ0) is 12.4. The molecule has 0 N–H and O–H groups in total. The Hall–Kier alpha value is -1.20. The average molecular weight is 276 g/mol. The van der Waals surface area contributed by atoms with Gasteiger partial charge in [0.15, 0.2) is 11.6 Å². The molecule has 0 amide bonds. The number of halogens is 4. The number of aromatic nitrogens is 1. The molecule has 0 radical (unpaired) electrons. The normalized spacial score (nSPS) is 10.6. The standard InChI is InChI=1S/C11H5ClF3NS/c12-6-2-1-3-7(4-6)17-11-9(14)5-8(13)10(15)16-11/h1-5H. The molecule has 0 fully saturated rings. The van der Waals surface area contributed by atoms with Crippen molar-refractivity contribution >= 4 is 23.4 Å². The van der Waals surface area contributed by atoms with Crippen molar-refractivity contribution in [3.8, 4) is 0 Å². The maximum absolute atomic E-state index is 13.3. The largest absolute Gasteiger partial charge is 0.250 e. The van der Waals surface area contributed by atoms with E-state index in [-0.39, 0.29) is 5.03 Å². The van der Waals surface area contributed by atoms with Gasteiger partial charge in [-0.3, -0.25) is 0 Å². The summed E-state index contributed by atoms with van der Waals surface area (Å²) in [7, 11) is 0. The smallest absolute Gasteiger partial charge is 0.207 e. The number of hydrogen-bond donors (Lipinski definition) is 0. The van der Waals surface area contributed by atoms with Gasteiger partial charge in [0, 0.05) is 16.0 Å². The van der Waals surface area contributed by atoms with Gasteiger partial charge in [0.25, 0.3) is 0 Å². The molecule has 0 aliphatic rings. The highest BCUT2D eigenvalue weighted by molar-refractivity contribution is 7.99. The van der Waals surface area contributed by atoms with E-state index in [0.29, 0.717) is 16.0 Å². The maximum Gasteiger partial charge on any atom is 0.250 e. The second kappa shape index (κ2) is 4.98. The van der Waals surface area contributed by atoms with Crippen LogP contribution in [0.4, 0.5) is 13.2 Å². The second-order valence-corrected chi connectivity index (χ2v) is 4.61. The van der Waals surface area contributed by atoms with Crippen molar-refractivity contribution in [1.29, 1.82) is 0 Å². The van der Waals surface area contributed by atoms with Crippen LogP contribution in [0.2, 0.25) is 5.02 Å². The molecule has 2 rings (SSSR count). The second-order valence-electron chi connectivity index (χ2n) is 3.11. The van der Waals surface area contributed by atoms with Crippen LogP contribution in [-0.4, -0.2) is 4.98 Å². The summed E-state index contributed by atoms with van der Waals surface area (Å²) in [4.78, 5) is 3.79. The first kappa shape index (κ1) is 12.3. The van der Waals surface area contributed by atoms with Crippen molar-refractivity contribution in [2.45, 2.75) is 9.92 Å². The highest BCUT2D eigenvalue weighted by atomic mass is 35.5. The van der Waals surface area contributed by atoms with E-state index in [0.717, 1.165) is 11.8 Å². The molecule has 2 aromatic rings. The fraction of sp³-hybridized carbons (Fsp3) is 0. The van der Waals surface area contributed by atoms with Gasteiger partial charge in [-0.15, -0.1) is 0 Å². The maximum atomic E-state index is 13.3. The fourth-order valence-corrected chi connectivity index (χ4v) is 2.24. The first-order valence-corrected chi connectivity index (χ1v) is 5.70. The topological polar surface area (TPSA) is 12.9 Å². The molecule has 0 atom stereocenters. The van der Waals surface area contributed by atoms with Gasteiger partial charge in [0.05, 0.1) is 0 Å². The van der Waals surface area contributed by atoms with Crippen LogP contribution in [0.3, 0.4) is 0 Å². The lowest BCUT2D eigenvalue weighted by Crippen LogP contribution is -1.95. The lowest BCUT2D eigenvalue weighted by Gasteiger charge is -2.03. The minimum atomic E-state index is -1.32. The Morgan fingerprint density at radius 1 is 1.06 bits per heavy atom. The Morgan fingerprint density at radius 3 is 2.53 bits per heavy atom. The summed E-state index contributed by atoms with van der Waals surface area (Å²) in [5.74, 6) is -3.54. The number of pyridine rings is 1. The van der Waals surface area contributed by atoms with Crippen LogP contribution in [0.15, 0.2) is 40.3 Å². The van der Waals surface area contributed by atoms with Gasteiger partial charge in [-0.1, -0.05) is 29.4 Å². The average Bonchev–Trinajstić information content (AvgIpc) is 2.26. The predicted octanol–water partition coefficient (Wildman–Crippen LogP) is 4.30. The third kappa shape index (κ3) is 2.92. The third-order valence-corrected chi connectivity index (χ3v) is 3.07. The summed E-state index contributed by atoms with van der Waals surface area (Å²) in [6.45, 7) is 0. The molecule has 0 saturated carbocycles. The highest BCUT2D eigenvalue weighted by Gasteiger charge is 2.12. The number of rotatable bonds is 2. The molecule has 0 unspecified atom stereocenters. The summed E-state index contributed by atoms with van der Waals surface area (Å²) in [5.41, 5.74) is 0. The van der Waals surface area contributed by atoms with Crippen LogP contribution < -0.4 is 0 Å². The summed E-state index contributed by atoms with van der Waals surface area (Å²) < 4.78 is 38.8. The Morgan fingerprint density at radius 2 is 1.82 bits per heavy atom. The van der Waals surface area contributed by atoms with Gasteiger partial charge >= 0.3 is 0 Å². The van der Waals surface area contributed by atoms with Crippen molar-refractivity contribution < 1.29 is 13.2 Å². The Bertz CT molecular complexity index is 562. The quantitative estimate of drug-likeness (QED) is 0.758. The molecule has 88 valence electrons. The molecule has 0 spiro atoms. The predicted molar refractivity (Wildman–Crippen MR) is 59.7 cm³/mol. The summed E-state index contributed by atoms with van der Waals surface area (Å²) >= 11 is 6.62. The SMILES string of the molecule is Fc1cc(F)c(Sc2cccc(Cl)c2)nc1F. The first-order chi connectivity index (χ1) is 8.06. The van der Waals surface area contributed by atoms with Gasteiger partial charge in [0.2, 0.25) is 5.95 Å². The van der Waals surface area contributed by atoms with Crippen molar-refractivity contribution in [3.05, 3.63) is 52.9 Å². The van der Waals surface area contributed by atoms with Crippen molar-refractivity contribution in [2.24, 2.45) is 0 Å². The Labute approximate surface area is 105 Å². The zero-order valence-corrected chi connectivity index (χ0v) is 9.83. The molecule has 1 heterocycles. The minimum absolute atomic E-state index is 0.230. The number of benzene rings is 1. The molecular weight excluding hydrogens is 271 g/mol. The Kier molecular flexibility index (Phi) is 3.59. The highest BCUT2D eigenvalue weighted by Crippen LogP contribution is 2.30. The van der Waals surface area contributed by atoms with Crippen molar-refractivity contribution in [1.82, 2.24) is 4.98 Å². The molecule has 1 aromatic carbocycles. The summed E-state index contributed by atoms with van der Waals surface area (Å²) in [6, 6.07) is 7.03. The third-order valence-electron chi connectivity index (χ3n) is 1.87. The van der Waals surface area contributed by atoms with E-state index in [2.05, 4.69) is 4.98 Å². The van der Waals surface area contributed by atoms with Crippen LogP contribution in [0.25, 0.3) is 0 Å². The molecule has 1 aromatic heterocycles. The van der Waals surface area contributed by atoms with Crippen LogP contribution >= 0.6 is 23.4 Å². The van der Waals surface area contributed by atoms with E-state index in [1.165, 1.54) is 0 Å². The molecule has 6 heteroatoms. The van der Waals surface area contributed by atoms with E-state index in [1.54, 1.807) is 24.3 Å². The first-order valence-electron chi connectivity index (χ1n) is 4.51. The van der Waals surface area contributed by atoms with E-state index in [9.17, 15) is 13.2 Å². The molecule has 1 nitrogen and oxygen atoms in total. The van der Waals surface area contributed by atoms with Crippen LogP contribution in [0.1, 0.15) is 0 Å². The summed E-state index contributed by atoms with van der Waals surface area (Å²) in [6.07, 6.45) is 0. The molecule has 0 aliphatic heterocycles. The summed E-state index contributed by atoms with van der Waals surface area (Å²) in [5, 5.41) is 0.240. The number of hydrogen-bond acceptors (Lipinski definition) is 2. The Balaban J connectivity index is 2.33. The molecule has 0 bridgehead atoms. The number of nitrogens with zero attached hydrogens (tertiary/aromatic N) is 1. The van der Waals surface area contributed by atoms with Gasteiger partial charge in [-0.25, -0.2) is 13.8 Å². The van der Waals surface area contributed by atoms with Gasteiger partial charge in [0.1, 0.15) is 5.03 Å².